The summed E-state index contributed by atoms with van der Waals surface area (Å²) in [5.41, 5.74) is 4.24. The molecule has 2 aromatic rings. The van der Waals surface area contributed by atoms with Gasteiger partial charge in [-0.1, -0.05) is 24.3 Å². The Morgan fingerprint density at radius 3 is 2.95 bits per heavy atom. The Kier molecular flexibility index (Phi) is 3.67. The van der Waals surface area contributed by atoms with Crippen molar-refractivity contribution in [3.8, 4) is 0 Å². The molecule has 0 fully saturated rings. The van der Waals surface area contributed by atoms with Crippen LogP contribution in [0.25, 0.3) is 0 Å². The fraction of sp³-hybridized carbons (Fsp3) is 0.438. The van der Waals surface area contributed by atoms with Crippen LogP contribution in [0.5, 0.6) is 0 Å². The van der Waals surface area contributed by atoms with Crippen molar-refractivity contribution in [3.63, 3.8) is 0 Å². The Hall–Kier alpha value is -1.19. The van der Waals surface area contributed by atoms with E-state index in [0.29, 0.717) is 12.0 Å². The van der Waals surface area contributed by atoms with Crippen molar-refractivity contribution in [1.82, 2.24) is 10.3 Å². The minimum Gasteiger partial charge on any atom is -0.313 e. The maximum Gasteiger partial charge on any atom is 0.0897 e. The summed E-state index contributed by atoms with van der Waals surface area (Å²) in [6.07, 6.45) is 3.53. The molecule has 100 valence electrons. The first-order valence-electron chi connectivity index (χ1n) is 6.94. The van der Waals surface area contributed by atoms with E-state index in [9.17, 15) is 0 Å². The normalized spacial score (nSPS) is 22.2. The number of nitrogens with zero attached hydrogens (tertiary/aromatic N) is 1. The van der Waals surface area contributed by atoms with Crippen molar-refractivity contribution >= 4 is 11.3 Å². The third-order valence-electron chi connectivity index (χ3n) is 4.09. The number of thiazole rings is 1. The number of aromatic nitrogens is 1. The van der Waals surface area contributed by atoms with E-state index in [2.05, 4.69) is 53.9 Å². The number of aryl methyl sites for hydroxylation is 2. The lowest BCUT2D eigenvalue weighted by molar-refractivity contribution is 0.333. The van der Waals surface area contributed by atoms with Gasteiger partial charge in [0.05, 0.1) is 10.7 Å². The van der Waals surface area contributed by atoms with Gasteiger partial charge in [-0.2, -0.15) is 0 Å². The van der Waals surface area contributed by atoms with Gasteiger partial charge in [0, 0.05) is 11.4 Å². The van der Waals surface area contributed by atoms with Gasteiger partial charge in [0.25, 0.3) is 0 Å². The number of rotatable bonds is 3. The summed E-state index contributed by atoms with van der Waals surface area (Å²) in [4.78, 5) is 4.62. The zero-order chi connectivity index (χ0) is 13.2. The molecule has 0 aliphatic heterocycles. The number of nitrogens with one attached hydrogen (secondary N) is 1. The Labute approximate surface area is 118 Å². The Balaban J connectivity index is 1.84. The lowest BCUT2D eigenvalue weighted by Gasteiger charge is -2.33. The van der Waals surface area contributed by atoms with Crippen molar-refractivity contribution in [3.05, 3.63) is 51.5 Å². The summed E-state index contributed by atoms with van der Waals surface area (Å²) in [5, 5.41) is 6.90. The van der Waals surface area contributed by atoms with E-state index in [1.165, 1.54) is 34.7 Å². The first-order chi connectivity index (χ1) is 9.28. The SMILES string of the molecule is CNC1c2ccccc2CCC1Cc1csc(C)n1. The minimum absolute atomic E-state index is 0.465. The van der Waals surface area contributed by atoms with E-state index >= 15 is 0 Å². The van der Waals surface area contributed by atoms with Gasteiger partial charge in [-0.25, -0.2) is 4.98 Å². The zero-order valence-electron chi connectivity index (χ0n) is 11.5. The van der Waals surface area contributed by atoms with Crippen molar-refractivity contribution in [2.75, 3.05) is 7.05 Å². The van der Waals surface area contributed by atoms with Gasteiger partial charge in [0.15, 0.2) is 0 Å². The van der Waals surface area contributed by atoms with Crippen LogP contribution in [0.1, 0.15) is 34.3 Å². The van der Waals surface area contributed by atoms with Gasteiger partial charge in [0.1, 0.15) is 0 Å². The first-order valence-corrected chi connectivity index (χ1v) is 7.82. The quantitative estimate of drug-likeness (QED) is 0.925. The summed E-state index contributed by atoms with van der Waals surface area (Å²) in [6.45, 7) is 2.08. The van der Waals surface area contributed by atoms with Crippen LogP contribution in [-0.4, -0.2) is 12.0 Å². The third-order valence-corrected chi connectivity index (χ3v) is 4.92. The average Bonchev–Trinajstić information content (AvgIpc) is 2.84. The molecule has 1 heterocycles. The molecule has 1 aliphatic carbocycles. The lowest BCUT2D eigenvalue weighted by Crippen LogP contribution is -2.31. The molecule has 0 saturated heterocycles. The van der Waals surface area contributed by atoms with E-state index in [1.54, 1.807) is 11.3 Å². The standard InChI is InChI=1S/C16H20N2S/c1-11-18-14(10-19-11)9-13-8-7-12-5-3-4-6-15(12)16(13)17-2/h3-6,10,13,16-17H,7-9H2,1-2H3. The summed E-state index contributed by atoms with van der Waals surface area (Å²) in [7, 11) is 2.08. The Morgan fingerprint density at radius 1 is 1.37 bits per heavy atom. The van der Waals surface area contributed by atoms with Crippen LogP contribution in [0.3, 0.4) is 0 Å². The molecule has 2 unspecified atom stereocenters. The van der Waals surface area contributed by atoms with Crippen molar-refractivity contribution in [1.29, 1.82) is 0 Å². The molecule has 2 nitrogen and oxygen atoms in total. The van der Waals surface area contributed by atoms with Crippen molar-refractivity contribution in [2.24, 2.45) is 5.92 Å². The van der Waals surface area contributed by atoms with E-state index in [4.69, 9.17) is 0 Å². The first kappa shape index (κ1) is 12.8. The van der Waals surface area contributed by atoms with Crippen LogP contribution in [-0.2, 0) is 12.8 Å². The highest BCUT2D eigenvalue weighted by Gasteiger charge is 2.28. The minimum atomic E-state index is 0.465. The second kappa shape index (κ2) is 5.43. The zero-order valence-corrected chi connectivity index (χ0v) is 12.3. The second-order valence-corrected chi connectivity index (χ2v) is 6.39. The Morgan fingerprint density at radius 2 is 2.21 bits per heavy atom. The highest BCUT2D eigenvalue weighted by Crippen LogP contribution is 2.36. The summed E-state index contributed by atoms with van der Waals surface area (Å²) < 4.78 is 0. The molecule has 0 spiro atoms. The molecular formula is C16H20N2S. The molecule has 2 atom stereocenters. The number of benzene rings is 1. The van der Waals surface area contributed by atoms with E-state index in [0.717, 1.165) is 6.42 Å². The maximum atomic E-state index is 4.62. The molecule has 1 aromatic heterocycles. The van der Waals surface area contributed by atoms with Crippen molar-refractivity contribution in [2.45, 2.75) is 32.2 Å². The molecule has 1 N–H and O–H groups in total. The monoisotopic (exact) mass is 272 g/mol. The molecule has 1 aliphatic rings. The average molecular weight is 272 g/mol. The van der Waals surface area contributed by atoms with Gasteiger partial charge in [0.2, 0.25) is 0 Å². The molecule has 3 heteroatoms. The maximum absolute atomic E-state index is 4.62. The van der Waals surface area contributed by atoms with Crippen LogP contribution < -0.4 is 5.32 Å². The van der Waals surface area contributed by atoms with Gasteiger partial charge >= 0.3 is 0 Å². The molecule has 3 rings (SSSR count). The fourth-order valence-electron chi connectivity index (χ4n) is 3.21. The van der Waals surface area contributed by atoms with Crippen molar-refractivity contribution < 1.29 is 0 Å². The topological polar surface area (TPSA) is 24.9 Å². The predicted molar refractivity (Wildman–Crippen MR) is 80.6 cm³/mol. The van der Waals surface area contributed by atoms with Crippen LogP contribution in [0.4, 0.5) is 0 Å². The fourth-order valence-corrected chi connectivity index (χ4v) is 3.83. The molecule has 1 aromatic carbocycles. The van der Waals surface area contributed by atoms with Gasteiger partial charge in [-0.3, -0.25) is 0 Å². The summed E-state index contributed by atoms with van der Waals surface area (Å²) in [5.74, 6) is 0.654. The molecular weight excluding hydrogens is 252 g/mol. The van der Waals surface area contributed by atoms with E-state index in [1.807, 2.05) is 0 Å². The third kappa shape index (κ3) is 2.58. The van der Waals surface area contributed by atoms with Gasteiger partial charge in [-0.05, 0) is 50.3 Å². The number of hydrogen-bond acceptors (Lipinski definition) is 3. The summed E-state index contributed by atoms with van der Waals surface area (Å²) in [6, 6.07) is 9.30. The molecule has 0 saturated carbocycles. The largest absolute Gasteiger partial charge is 0.313 e. The number of fused-ring (bicyclic) bond motifs is 1. The molecule has 0 bridgehead atoms. The molecule has 0 amide bonds. The van der Waals surface area contributed by atoms with E-state index in [-0.39, 0.29) is 0 Å². The molecule has 0 radical (unpaired) electrons. The lowest BCUT2D eigenvalue weighted by atomic mass is 9.78. The highest BCUT2D eigenvalue weighted by atomic mass is 32.1. The Bertz CT molecular complexity index is 561. The van der Waals surface area contributed by atoms with Crippen LogP contribution in [0.15, 0.2) is 29.6 Å². The van der Waals surface area contributed by atoms with Crippen LogP contribution in [0, 0.1) is 12.8 Å². The van der Waals surface area contributed by atoms with Crippen LogP contribution >= 0.6 is 11.3 Å². The molecule has 19 heavy (non-hydrogen) atoms. The highest BCUT2D eigenvalue weighted by molar-refractivity contribution is 7.09. The van der Waals surface area contributed by atoms with Crippen LogP contribution in [0.2, 0.25) is 0 Å². The summed E-state index contributed by atoms with van der Waals surface area (Å²) >= 11 is 1.76. The second-order valence-electron chi connectivity index (χ2n) is 5.33. The smallest absolute Gasteiger partial charge is 0.0897 e. The number of hydrogen-bond donors (Lipinski definition) is 1. The van der Waals surface area contributed by atoms with Gasteiger partial charge < -0.3 is 5.32 Å². The van der Waals surface area contributed by atoms with Gasteiger partial charge in [-0.15, -0.1) is 11.3 Å². The predicted octanol–water partition coefficient (Wildman–Crippen LogP) is 3.52. The van der Waals surface area contributed by atoms with E-state index < -0.39 is 0 Å².